The molecule has 2 N–H and O–H groups in total. The molecule has 7 heteroatoms. The minimum absolute atomic E-state index is 0.0293. The fourth-order valence-electron chi connectivity index (χ4n) is 2.90. The quantitative estimate of drug-likeness (QED) is 0.750. The second kappa shape index (κ2) is 5.51. The van der Waals surface area contributed by atoms with Crippen molar-refractivity contribution in [3.8, 4) is 0 Å². The van der Waals surface area contributed by atoms with Crippen LogP contribution in [0.5, 0.6) is 0 Å². The van der Waals surface area contributed by atoms with Crippen LogP contribution in [0.4, 0.5) is 5.69 Å². The first-order chi connectivity index (χ1) is 11.2. The van der Waals surface area contributed by atoms with Gasteiger partial charge in [-0.2, -0.15) is 5.10 Å². The van der Waals surface area contributed by atoms with E-state index in [9.17, 15) is 4.79 Å². The Balaban J connectivity index is 1.57. The molecule has 1 aliphatic rings. The molecule has 1 aromatic carbocycles. The number of anilines is 1. The monoisotopic (exact) mass is 310 g/mol. The maximum atomic E-state index is 12.0. The fraction of sp³-hybridized carbons (Fsp3) is 0.312. The lowest BCUT2D eigenvalue weighted by Crippen LogP contribution is -2.29. The van der Waals surface area contributed by atoms with Gasteiger partial charge >= 0.3 is 0 Å². The van der Waals surface area contributed by atoms with E-state index in [1.165, 1.54) is 15.8 Å². The van der Waals surface area contributed by atoms with E-state index in [0.29, 0.717) is 17.4 Å². The van der Waals surface area contributed by atoms with E-state index < -0.39 is 0 Å². The Bertz CT molecular complexity index is 926. The van der Waals surface area contributed by atoms with Crippen LogP contribution in [0, 0.1) is 0 Å². The van der Waals surface area contributed by atoms with Crippen LogP contribution in [0.1, 0.15) is 11.3 Å². The summed E-state index contributed by atoms with van der Waals surface area (Å²) in [5, 5.41) is 11.8. The SMILES string of the molecule is Cn1cnc2cc(NCc3cnn4c3CNCC4)ccc2c1=O. The molecule has 2 aromatic heterocycles. The van der Waals surface area contributed by atoms with Gasteiger partial charge in [0.1, 0.15) is 0 Å². The lowest BCUT2D eigenvalue weighted by Gasteiger charge is -2.16. The predicted octanol–water partition coefficient (Wildman–Crippen LogP) is 0.845. The van der Waals surface area contributed by atoms with E-state index in [1.54, 1.807) is 13.4 Å². The molecular formula is C16H18N6O. The van der Waals surface area contributed by atoms with Crippen molar-refractivity contribution < 1.29 is 0 Å². The Morgan fingerprint density at radius 2 is 2.30 bits per heavy atom. The number of hydrogen-bond donors (Lipinski definition) is 2. The zero-order chi connectivity index (χ0) is 15.8. The van der Waals surface area contributed by atoms with Crippen molar-refractivity contribution in [1.29, 1.82) is 0 Å². The zero-order valence-electron chi connectivity index (χ0n) is 12.9. The summed E-state index contributed by atoms with van der Waals surface area (Å²) in [6.07, 6.45) is 3.47. The summed E-state index contributed by atoms with van der Waals surface area (Å²) in [6, 6.07) is 5.65. The summed E-state index contributed by atoms with van der Waals surface area (Å²) in [4.78, 5) is 16.3. The molecule has 0 amide bonds. The molecule has 0 fully saturated rings. The third-order valence-corrected chi connectivity index (χ3v) is 4.23. The van der Waals surface area contributed by atoms with E-state index in [0.717, 1.165) is 25.3 Å². The Labute approximate surface area is 133 Å². The van der Waals surface area contributed by atoms with Crippen molar-refractivity contribution in [1.82, 2.24) is 24.6 Å². The molecule has 0 unspecified atom stereocenters. The minimum Gasteiger partial charge on any atom is -0.381 e. The number of benzene rings is 1. The standard InChI is InChI=1S/C16H18N6O/c1-21-10-19-14-6-12(2-3-13(14)16(21)23)18-7-11-8-20-22-5-4-17-9-15(11)22/h2-3,6,8,10,17-18H,4-5,7,9H2,1H3. The molecule has 0 spiro atoms. The molecule has 0 saturated carbocycles. The molecule has 0 atom stereocenters. The van der Waals surface area contributed by atoms with Crippen LogP contribution in [-0.4, -0.2) is 25.9 Å². The Morgan fingerprint density at radius 3 is 3.22 bits per heavy atom. The van der Waals surface area contributed by atoms with Gasteiger partial charge in [-0.1, -0.05) is 0 Å². The number of rotatable bonds is 3. The zero-order valence-corrected chi connectivity index (χ0v) is 12.9. The van der Waals surface area contributed by atoms with Gasteiger partial charge < -0.3 is 15.2 Å². The van der Waals surface area contributed by atoms with Crippen LogP contribution in [0.3, 0.4) is 0 Å². The highest BCUT2D eigenvalue weighted by molar-refractivity contribution is 5.81. The first-order valence-corrected chi connectivity index (χ1v) is 7.66. The summed E-state index contributed by atoms with van der Waals surface area (Å²) >= 11 is 0. The maximum absolute atomic E-state index is 12.0. The lowest BCUT2D eigenvalue weighted by atomic mass is 10.2. The van der Waals surface area contributed by atoms with Gasteiger partial charge in [-0.05, 0) is 18.2 Å². The first kappa shape index (κ1) is 14.0. The highest BCUT2D eigenvalue weighted by Gasteiger charge is 2.13. The van der Waals surface area contributed by atoms with E-state index in [1.807, 2.05) is 24.4 Å². The number of aryl methyl sites for hydroxylation is 1. The number of nitrogens with zero attached hydrogens (tertiary/aromatic N) is 4. The molecule has 0 radical (unpaired) electrons. The van der Waals surface area contributed by atoms with E-state index in [2.05, 4.69) is 25.4 Å². The third kappa shape index (κ3) is 2.49. The molecule has 4 rings (SSSR count). The van der Waals surface area contributed by atoms with Gasteiger partial charge in [0.25, 0.3) is 5.56 Å². The Hall–Kier alpha value is -2.67. The molecule has 0 bridgehead atoms. The van der Waals surface area contributed by atoms with Crippen molar-refractivity contribution in [2.75, 3.05) is 11.9 Å². The van der Waals surface area contributed by atoms with Crippen LogP contribution in [0.15, 0.2) is 35.5 Å². The molecule has 1 aliphatic heterocycles. The van der Waals surface area contributed by atoms with E-state index >= 15 is 0 Å². The highest BCUT2D eigenvalue weighted by Crippen LogP contribution is 2.17. The van der Waals surface area contributed by atoms with Crippen LogP contribution in [0.2, 0.25) is 0 Å². The predicted molar refractivity (Wildman–Crippen MR) is 88.2 cm³/mol. The van der Waals surface area contributed by atoms with Crippen molar-refractivity contribution in [3.63, 3.8) is 0 Å². The number of hydrogen-bond acceptors (Lipinski definition) is 5. The van der Waals surface area contributed by atoms with Gasteiger partial charge in [0, 0.05) is 37.9 Å². The summed E-state index contributed by atoms with van der Waals surface area (Å²) in [6.45, 7) is 3.44. The van der Waals surface area contributed by atoms with Crippen molar-refractivity contribution in [2.24, 2.45) is 7.05 Å². The van der Waals surface area contributed by atoms with Crippen LogP contribution in [-0.2, 0) is 26.7 Å². The van der Waals surface area contributed by atoms with Gasteiger partial charge in [0.05, 0.1) is 35.7 Å². The summed E-state index contributed by atoms with van der Waals surface area (Å²) < 4.78 is 3.54. The topological polar surface area (TPSA) is 76.8 Å². The average Bonchev–Trinajstić information content (AvgIpc) is 3.00. The third-order valence-electron chi connectivity index (χ3n) is 4.23. The fourth-order valence-corrected chi connectivity index (χ4v) is 2.90. The second-order valence-corrected chi connectivity index (χ2v) is 5.76. The molecule has 118 valence electrons. The Morgan fingerprint density at radius 1 is 1.39 bits per heavy atom. The summed E-state index contributed by atoms with van der Waals surface area (Å²) in [5.74, 6) is 0. The molecule has 23 heavy (non-hydrogen) atoms. The largest absolute Gasteiger partial charge is 0.381 e. The normalized spacial score (nSPS) is 14.0. The molecule has 7 nitrogen and oxygen atoms in total. The van der Waals surface area contributed by atoms with Crippen molar-refractivity contribution >= 4 is 16.6 Å². The van der Waals surface area contributed by atoms with Gasteiger partial charge in [-0.25, -0.2) is 4.98 Å². The highest BCUT2D eigenvalue weighted by atomic mass is 16.1. The average molecular weight is 310 g/mol. The van der Waals surface area contributed by atoms with Gasteiger partial charge in [-0.15, -0.1) is 0 Å². The Kier molecular flexibility index (Phi) is 3.34. The van der Waals surface area contributed by atoms with E-state index in [4.69, 9.17) is 0 Å². The van der Waals surface area contributed by atoms with Crippen LogP contribution < -0.4 is 16.2 Å². The second-order valence-electron chi connectivity index (χ2n) is 5.76. The van der Waals surface area contributed by atoms with Gasteiger partial charge in [0.2, 0.25) is 0 Å². The minimum atomic E-state index is -0.0293. The van der Waals surface area contributed by atoms with E-state index in [-0.39, 0.29) is 5.56 Å². The van der Waals surface area contributed by atoms with Crippen LogP contribution >= 0.6 is 0 Å². The summed E-state index contributed by atoms with van der Waals surface area (Å²) in [5.41, 5.74) is 4.04. The smallest absolute Gasteiger partial charge is 0.260 e. The molecule has 0 aliphatic carbocycles. The number of aromatic nitrogens is 4. The van der Waals surface area contributed by atoms with Crippen molar-refractivity contribution in [3.05, 3.63) is 52.3 Å². The van der Waals surface area contributed by atoms with Crippen molar-refractivity contribution in [2.45, 2.75) is 19.6 Å². The van der Waals surface area contributed by atoms with Gasteiger partial charge in [-0.3, -0.25) is 9.48 Å². The number of nitrogens with one attached hydrogen (secondary N) is 2. The van der Waals surface area contributed by atoms with Gasteiger partial charge in [0.15, 0.2) is 0 Å². The first-order valence-electron chi connectivity index (χ1n) is 7.66. The van der Waals surface area contributed by atoms with Crippen LogP contribution in [0.25, 0.3) is 10.9 Å². The molecule has 0 saturated heterocycles. The number of fused-ring (bicyclic) bond motifs is 2. The molecule has 3 aromatic rings. The lowest BCUT2D eigenvalue weighted by molar-refractivity contribution is 0.474. The molecule has 3 heterocycles. The molecular weight excluding hydrogens is 292 g/mol. The summed E-state index contributed by atoms with van der Waals surface area (Å²) in [7, 11) is 1.71. The maximum Gasteiger partial charge on any atom is 0.260 e.